The highest BCUT2D eigenvalue weighted by Crippen LogP contribution is 2.33. The van der Waals surface area contributed by atoms with Gasteiger partial charge in [0.15, 0.2) is 0 Å². The fourth-order valence-corrected chi connectivity index (χ4v) is 2.97. The summed E-state index contributed by atoms with van der Waals surface area (Å²) in [7, 11) is 0. The molecule has 0 bridgehead atoms. The summed E-state index contributed by atoms with van der Waals surface area (Å²) in [5.41, 5.74) is 0.207. The molecular weight excluding hydrogens is 350 g/mol. The Morgan fingerprint density at radius 3 is 2.55 bits per heavy atom. The van der Waals surface area contributed by atoms with Crippen molar-refractivity contribution in [1.82, 2.24) is 10.2 Å². The number of benzene rings is 1. The third-order valence-corrected chi connectivity index (χ3v) is 4.18. The van der Waals surface area contributed by atoms with Crippen molar-refractivity contribution in [2.24, 2.45) is 0 Å². The van der Waals surface area contributed by atoms with E-state index in [2.05, 4.69) is 26.1 Å². The molecule has 6 heteroatoms. The SMILES string of the molecule is CCC[C@H](c1c(F)ccc(Br)c1F)N1CCNCC1.Cl. The molecule has 1 aromatic rings. The van der Waals surface area contributed by atoms with Crippen LogP contribution in [0.25, 0.3) is 0 Å². The molecule has 1 atom stereocenters. The van der Waals surface area contributed by atoms with Crippen molar-refractivity contribution in [3.8, 4) is 0 Å². The number of nitrogens with one attached hydrogen (secondary N) is 1. The van der Waals surface area contributed by atoms with Crippen molar-refractivity contribution >= 4 is 28.3 Å². The molecule has 0 amide bonds. The number of piperazine rings is 1. The number of rotatable bonds is 4. The molecule has 1 aromatic carbocycles. The first kappa shape index (κ1) is 17.8. The average Bonchev–Trinajstić information content (AvgIpc) is 2.43. The van der Waals surface area contributed by atoms with Crippen LogP contribution in [0.2, 0.25) is 0 Å². The van der Waals surface area contributed by atoms with Gasteiger partial charge in [0.25, 0.3) is 0 Å². The minimum atomic E-state index is -0.461. The molecule has 1 fully saturated rings. The van der Waals surface area contributed by atoms with Gasteiger partial charge in [0.05, 0.1) is 4.47 Å². The Kier molecular flexibility index (Phi) is 7.37. The Bertz CT molecular complexity index is 439. The van der Waals surface area contributed by atoms with E-state index >= 15 is 0 Å². The van der Waals surface area contributed by atoms with E-state index in [1.165, 1.54) is 12.1 Å². The summed E-state index contributed by atoms with van der Waals surface area (Å²) < 4.78 is 28.7. The predicted molar refractivity (Wildman–Crippen MR) is 83.4 cm³/mol. The monoisotopic (exact) mass is 368 g/mol. The van der Waals surface area contributed by atoms with Crippen molar-refractivity contribution in [1.29, 1.82) is 0 Å². The summed E-state index contributed by atoms with van der Waals surface area (Å²) in [6.45, 7) is 5.45. The number of nitrogens with zero attached hydrogens (tertiary/aromatic N) is 1. The lowest BCUT2D eigenvalue weighted by molar-refractivity contribution is 0.158. The zero-order valence-electron chi connectivity index (χ0n) is 11.5. The molecule has 0 unspecified atom stereocenters. The van der Waals surface area contributed by atoms with E-state index in [1.807, 2.05) is 6.92 Å². The Morgan fingerprint density at radius 1 is 1.30 bits per heavy atom. The number of halogens is 4. The maximum Gasteiger partial charge on any atom is 0.145 e. The second kappa shape index (κ2) is 8.27. The largest absolute Gasteiger partial charge is 0.314 e. The third kappa shape index (κ3) is 3.91. The van der Waals surface area contributed by atoms with Crippen molar-refractivity contribution in [2.45, 2.75) is 25.8 Å². The van der Waals surface area contributed by atoms with Gasteiger partial charge in [0.1, 0.15) is 11.6 Å². The van der Waals surface area contributed by atoms with E-state index in [-0.39, 0.29) is 24.0 Å². The molecule has 0 aromatic heterocycles. The quantitative estimate of drug-likeness (QED) is 0.810. The van der Waals surface area contributed by atoms with Crippen LogP contribution in [0, 0.1) is 11.6 Å². The standard InChI is InChI=1S/C14H19BrF2N2.ClH/c1-2-3-12(19-8-6-18-7-9-19)13-11(16)5-4-10(15)14(13)17;/h4-5,12,18H,2-3,6-9H2,1H3;1H/t12-;/m1./s1. The van der Waals surface area contributed by atoms with E-state index < -0.39 is 11.6 Å². The number of hydrogen-bond acceptors (Lipinski definition) is 2. The van der Waals surface area contributed by atoms with E-state index in [0.29, 0.717) is 4.47 Å². The summed E-state index contributed by atoms with van der Waals surface area (Å²) in [6, 6.07) is 2.59. The maximum absolute atomic E-state index is 14.3. The van der Waals surface area contributed by atoms with Crippen molar-refractivity contribution in [3.63, 3.8) is 0 Å². The Labute approximate surface area is 133 Å². The fraction of sp³-hybridized carbons (Fsp3) is 0.571. The predicted octanol–water partition coefficient (Wildman–Crippen LogP) is 3.90. The van der Waals surface area contributed by atoms with Gasteiger partial charge in [-0.05, 0) is 34.5 Å². The van der Waals surface area contributed by atoms with Gasteiger partial charge in [-0.1, -0.05) is 13.3 Å². The summed E-state index contributed by atoms with van der Waals surface area (Å²) in [6.07, 6.45) is 1.67. The van der Waals surface area contributed by atoms with Gasteiger partial charge < -0.3 is 5.32 Å². The van der Waals surface area contributed by atoms with Crippen LogP contribution in [0.15, 0.2) is 16.6 Å². The van der Waals surface area contributed by atoms with Crippen LogP contribution in [-0.4, -0.2) is 31.1 Å². The number of hydrogen-bond donors (Lipinski definition) is 1. The molecule has 1 aliphatic heterocycles. The molecule has 2 rings (SSSR count). The topological polar surface area (TPSA) is 15.3 Å². The Balaban J connectivity index is 0.00000200. The minimum Gasteiger partial charge on any atom is -0.314 e. The van der Waals surface area contributed by atoms with Crippen molar-refractivity contribution in [2.75, 3.05) is 26.2 Å². The fourth-order valence-electron chi connectivity index (χ4n) is 2.62. The lowest BCUT2D eigenvalue weighted by atomic mass is 9.98. The minimum absolute atomic E-state index is 0. The molecule has 0 spiro atoms. The van der Waals surface area contributed by atoms with Crippen LogP contribution in [0.4, 0.5) is 8.78 Å². The lowest BCUT2D eigenvalue weighted by Gasteiger charge is -2.35. The van der Waals surface area contributed by atoms with Crippen molar-refractivity contribution in [3.05, 3.63) is 33.8 Å². The van der Waals surface area contributed by atoms with Crippen LogP contribution in [0.3, 0.4) is 0 Å². The second-order valence-electron chi connectivity index (χ2n) is 4.85. The summed E-state index contributed by atoms with van der Waals surface area (Å²) in [5, 5.41) is 3.27. The molecule has 2 nitrogen and oxygen atoms in total. The normalized spacial score (nSPS) is 17.6. The van der Waals surface area contributed by atoms with Crippen LogP contribution in [0.1, 0.15) is 31.4 Å². The van der Waals surface area contributed by atoms with E-state index in [4.69, 9.17) is 0 Å². The molecule has 0 radical (unpaired) electrons. The molecule has 1 N–H and O–H groups in total. The lowest BCUT2D eigenvalue weighted by Crippen LogP contribution is -2.45. The van der Waals surface area contributed by atoms with E-state index in [9.17, 15) is 8.78 Å². The molecule has 114 valence electrons. The molecule has 1 saturated heterocycles. The maximum atomic E-state index is 14.3. The molecule has 1 heterocycles. The first-order valence-corrected chi connectivity index (χ1v) is 7.52. The smallest absolute Gasteiger partial charge is 0.145 e. The highest BCUT2D eigenvalue weighted by Gasteiger charge is 2.27. The Hall–Kier alpha value is -0.230. The Morgan fingerprint density at radius 2 is 1.95 bits per heavy atom. The molecule has 0 aliphatic carbocycles. The first-order chi connectivity index (χ1) is 9.15. The molecule has 20 heavy (non-hydrogen) atoms. The summed E-state index contributed by atoms with van der Waals surface area (Å²) in [4.78, 5) is 2.17. The van der Waals surface area contributed by atoms with Gasteiger partial charge in [-0.3, -0.25) is 4.90 Å². The van der Waals surface area contributed by atoms with Gasteiger partial charge in [-0.15, -0.1) is 12.4 Å². The van der Waals surface area contributed by atoms with Gasteiger partial charge in [-0.2, -0.15) is 0 Å². The molecular formula is C14H20BrClF2N2. The van der Waals surface area contributed by atoms with Crippen LogP contribution < -0.4 is 5.32 Å². The summed E-state index contributed by atoms with van der Waals surface area (Å²) >= 11 is 3.15. The first-order valence-electron chi connectivity index (χ1n) is 6.73. The van der Waals surface area contributed by atoms with Crippen LogP contribution in [0.5, 0.6) is 0 Å². The van der Waals surface area contributed by atoms with Gasteiger partial charge in [-0.25, -0.2) is 8.78 Å². The molecule has 0 saturated carbocycles. The zero-order chi connectivity index (χ0) is 13.8. The van der Waals surface area contributed by atoms with E-state index in [1.54, 1.807) is 0 Å². The average molecular weight is 370 g/mol. The second-order valence-corrected chi connectivity index (χ2v) is 5.70. The van der Waals surface area contributed by atoms with Gasteiger partial charge in [0.2, 0.25) is 0 Å². The highest BCUT2D eigenvalue weighted by atomic mass is 79.9. The third-order valence-electron chi connectivity index (χ3n) is 3.57. The molecule has 1 aliphatic rings. The highest BCUT2D eigenvalue weighted by molar-refractivity contribution is 9.10. The van der Waals surface area contributed by atoms with Crippen LogP contribution >= 0.6 is 28.3 Å². The van der Waals surface area contributed by atoms with Gasteiger partial charge >= 0.3 is 0 Å². The summed E-state index contributed by atoms with van der Waals surface area (Å²) in [5.74, 6) is -0.908. The van der Waals surface area contributed by atoms with E-state index in [0.717, 1.165) is 39.0 Å². The van der Waals surface area contributed by atoms with Gasteiger partial charge in [0, 0.05) is 37.8 Å². The zero-order valence-corrected chi connectivity index (χ0v) is 13.9. The van der Waals surface area contributed by atoms with Crippen LogP contribution in [-0.2, 0) is 0 Å². The van der Waals surface area contributed by atoms with Crippen molar-refractivity contribution < 1.29 is 8.78 Å².